The van der Waals surface area contributed by atoms with Gasteiger partial charge in [-0.05, 0) is 42.8 Å². The number of rotatable bonds is 5. The molecule has 0 saturated heterocycles. The highest BCUT2D eigenvalue weighted by Crippen LogP contribution is 2.38. The molecule has 4 heterocycles. The van der Waals surface area contributed by atoms with E-state index in [0.29, 0.717) is 10.3 Å². The summed E-state index contributed by atoms with van der Waals surface area (Å²) in [5.41, 5.74) is 21.9. The van der Waals surface area contributed by atoms with E-state index in [1.807, 2.05) is 43.3 Å². The van der Waals surface area contributed by atoms with Crippen LogP contribution in [0.25, 0.3) is 26.1 Å². The molecule has 0 aliphatic carbocycles. The van der Waals surface area contributed by atoms with E-state index in [9.17, 15) is 0 Å². The number of hydrogen-bond donors (Lipinski definition) is 3. The molecule has 0 bridgehead atoms. The summed E-state index contributed by atoms with van der Waals surface area (Å²) >= 11 is 2.76. The molecule has 0 saturated carbocycles. The molecule has 0 aliphatic rings. The van der Waals surface area contributed by atoms with Crippen molar-refractivity contribution in [3.63, 3.8) is 0 Å². The predicted octanol–water partition coefficient (Wildman–Crippen LogP) is 5.84. The van der Waals surface area contributed by atoms with Crippen LogP contribution in [-0.2, 0) is 0 Å². The molecule has 0 unspecified atom stereocenters. The van der Waals surface area contributed by atoms with Gasteiger partial charge in [0.25, 0.3) is 0 Å². The number of nitrogens with two attached hydrogens (primary N) is 3. The number of hydrogen-bond acceptors (Lipinski definition) is 14. The molecule has 15 heteroatoms. The average Bonchev–Trinajstić information content (AvgIpc) is 3.56. The van der Waals surface area contributed by atoms with Crippen molar-refractivity contribution in [1.82, 2.24) is 24.6 Å². The van der Waals surface area contributed by atoms with Crippen molar-refractivity contribution in [3.05, 3.63) is 42.0 Å². The number of nitrogens with zero attached hydrogens (tertiary/aromatic N) is 9. The van der Waals surface area contributed by atoms with Crippen LogP contribution in [0.15, 0.2) is 56.9 Å². The molecule has 13 nitrogen and oxygen atoms in total. The first kappa shape index (κ1) is 22.7. The number of anilines is 3. The van der Waals surface area contributed by atoms with Crippen molar-refractivity contribution in [2.75, 3.05) is 24.3 Å². The van der Waals surface area contributed by atoms with Gasteiger partial charge in [0.1, 0.15) is 5.75 Å². The van der Waals surface area contributed by atoms with E-state index in [1.165, 1.54) is 27.2 Å². The second kappa shape index (κ2) is 8.72. The first-order valence-electron chi connectivity index (χ1n) is 10.8. The zero-order valence-electron chi connectivity index (χ0n) is 19.4. The minimum Gasteiger partial charge on any atom is -0.497 e. The minimum atomic E-state index is 0.0362. The van der Waals surface area contributed by atoms with Crippen LogP contribution in [-0.4, -0.2) is 31.7 Å². The number of aromatic nitrogens is 5. The van der Waals surface area contributed by atoms with Crippen LogP contribution in [0.2, 0.25) is 0 Å². The van der Waals surface area contributed by atoms with Crippen LogP contribution >= 0.6 is 22.7 Å². The van der Waals surface area contributed by atoms with Crippen LogP contribution in [0.3, 0.4) is 0 Å². The molecule has 6 N–H and O–H groups in total. The summed E-state index contributed by atoms with van der Waals surface area (Å²) in [6.07, 6.45) is 0. The lowest BCUT2D eigenvalue weighted by Gasteiger charge is -2.04. The zero-order valence-corrected chi connectivity index (χ0v) is 21.1. The maximum atomic E-state index is 6.31. The van der Waals surface area contributed by atoms with E-state index in [4.69, 9.17) is 21.9 Å². The lowest BCUT2D eigenvalue weighted by atomic mass is 10.2. The topological polar surface area (TPSA) is 193 Å². The first-order chi connectivity index (χ1) is 17.9. The maximum absolute atomic E-state index is 6.31. The predicted molar refractivity (Wildman–Crippen MR) is 145 cm³/mol. The van der Waals surface area contributed by atoms with Gasteiger partial charge < -0.3 is 21.9 Å². The number of fused-ring (bicyclic) bond motifs is 3. The zero-order chi connectivity index (χ0) is 25.7. The molecule has 2 aromatic carbocycles. The number of methoxy groups -OCH3 is 1. The second-order valence-electron chi connectivity index (χ2n) is 7.90. The number of thiazole rings is 2. The molecular weight excluding hydrogens is 512 g/mol. The lowest BCUT2D eigenvalue weighted by molar-refractivity contribution is 0.415. The van der Waals surface area contributed by atoms with Gasteiger partial charge >= 0.3 is 0 Å². The Morgan fingerprint density at radius 1 is 0.784 bits per heavy atom. The smallest absolute Gasteiger partial charge is 0.231 e. The van der Waals surface area contributed by atoms with E-state index in [0.717, 1.165) is 31.7 Å². The van der Waals surface area contributed by atoms with E-state index in [1.54, 1.807) is 7.11 Å². The average molecular weight is 531 g/mol. The third-order valence-electron chi connectivity index (χ3n) is 5.39. The SMILES string of the molecule is COc1ccc2nc(N=Nc3c(N)nn4c(N)c(N=Nc5nc6ccc(C)cc6s5)c(N)nc34)sc2c1. The summed E-state index contributed by atoms with van der Waals surface area (Å²) in [5.74, 6) is 0.936. The highest BCUT2D eigenvalue weighted by Gasteiger charge is 2.19. The van der Waals surface area contributed by atoms with Crippen LogP contribution in [0.5, 0.6) is 5.75 Å². The third kappa shape index (κ3) is 4.05. The van der Waals surface area contributed by atoms with Crippen molar-refractivity contribution < 1.29 is 4.74 Å². The van der Waals surface area contributed by atoms with Crippen LogP contribution in [0.4, 0.5) is 39.1 Å². The van der Waals surface area contributed by atoms with Gasteiger partial charge in [-0.1, -0.05) is 28.7 Å². The summed E-state index contributed by atoms with van der Waals surface area (Å²) < 4.78 is 8.47. The quantitative estimate of drug-likeness (QED) is 0.231. The fourth-order valence-electron chi connectivity index (χ4n) is 3.59. The van der Waals surface area contributed by atoms with Gasteiger partial charge in [0, 0.05) is 0 Å². The lowest BCUT2D eigenvalue weighted by Crippen LogP contribution is -2.04. The molecule has 184 valence electrons. The minimum absolute atomic E-state index is 0.0362. The molecule has 4 aromatic heterocycles. The fraction of sp³-hybridized carbons (Fsp3) is 0.0909. The first-order valence-corrected chi connectivity index (χ1v) is 12.4. The summed E-state index contributed by atoms with van der Waals surface area (Å²) in [7, 11) is 1.61. The highest BCUT2D eigenvalue weighted by molar-refractivity contribution is 7.22. The molecule has 0 radical (unpaired) electrons. The highest BCUT2D eigenvalue weighted by atomic mass is 32.1. The molecule has 0 amide bonds. The Morgan fingerprint density at radius 3 is 2.14 bits per heavy atom. The van der Waals surface area contributed by atoms with Crippen molar-refractivity contribution in [3.8, 4) is 5.75 Å². The molecule has 0 fully saturated rings. The number of ether oxygens (including phenoxy) is 1. The largest absolute Gasteiger partial charge is 0.497 e. The third-order valence-corrected chi connectivity index (χ3v) is 7.20. The standard InChI is InChI=1S/C22H18N12OS2/c1-9-3-5-11-13(7-9)36-21(26-11)31-29-15-17(23)28-20-16(18(24)33-34(20)19(15)25)30-32-22-27-12-6-4-10(35-2)8-14(12)37-22/h3-8H,25H2,1-2H3,(H2,23,28)(H2,24,33). The molecule has 0 atom stereocenters. The Labute approximate surface area is 216 Å². The monoisotopic (exact) mass is 530 g/mol. The Morgan fingerprint density at radius 2 is 1.43 bits per heavy atom. The van der Waals surface area contributed by atoms with Crippen molar-refractivity contribution >= 4 is 87.8 Å². The van der Waals surface area contributed by atoms with Gasteiger partial charge in [-0.2, -0.15) is 4.52 Å². The maximum Gasteiger partial charge on any atom is 0.231 e. The van der Waals surface area contributed by atoms with Crippen LogP contribution in [0, 0.1) is 6.92 Å². The van der Waals surface area contributed by atoms with Crippen LogP contribution < -0.4 is 21.9 Å². The Balaban J connectivity index is 1.34. The van der Waals surface area contributed by atoms with Gasteiger partial charge in [-0.25, -0.2) is 15.0 Å². The summed E-state index contributed by atoms with van der Waals surface area (Å²) in [6.45, 7) is 2.02. The molecule has 0 aliphatic heterocycles. The van der Waals surface area contributed by atoms with E-state index >= 15 is 0 Å². The Bertz CT molecular complexity index is 1880. The Kier molecular flexibility index (Phi) is 5.35. The normalized spacial score (nSPS) is 12.2. The second-order valence-corrected chi connectivity index (χ2v) is 9.92. The van der Waals surface area contributed by atoms with Gasteiger partial charge in [0.2, 0.25) is 10.3 Å². The molecule has 0 spiro atoms. The number of azo groups is 2. The number of benzene rings is 2. The van der Waals surface area contributed by atoms with Crippen molar-refractivity contribution in [2.24, 2.45) is 20.5 Å². The van der Waals surface area contributed by atoms with Gasteiger partial charge in [-0.15, -0.1) is 25.6 Å². The van der Waals surface area contributed by atoms with Crippen LogP contribution in [0.1, 0.15) is 5.56 Å². The van der Waals surface area contributed by atoms with Crippen molar-refractivity contribution in [2.45, 2.75) is 6.92 Å². The van der Waals surface area contributed by atoms with E-state index in [2.05, 4.69) is 40.5 Å². The van der Waals surface area contributed by atoms with Gasteiger partial charge in [0.15, 0.2) is 34.5 Å². The number of nitrogen functional groups attached to an aromatic ring is 3. The fourth-order valence-corrected chi connectivity index (χ4v) is 5.29. The van der Waals surface area contributed by atoms with Crippen molar-refractivity contribution in [1.29, 1.82) is 0 Å². The summed E-state index contributed by atoms with van der Waals surface area (Å²) in [5, 5.41) is 22.0. The van der Waals surface area contributed by atoms with E-state index in [-0.39, 0.29) is 34.5 Å². The van der Waals surface area contributed by atoms with Gasteiger partial charge in [-0.3, -0.25) is 0 Å². The van der Waals surface area contributed by atoms with Gasteiger partial charge in [0.05, 0.1) is 27.5 Å². The summed E-state index contributed by atoms with van der Waals surface area (Å²) in [6, 6.07) is 11.5. The molecule has 6 rings (SSSR count). The number of aryl methyl sites for hydroxylation is 1. The molecule has 6 aromatic rings. The summed E-state index contributed by atoms with van der Waals surface area (Å²) in [4.78, 5) is 13.3. The Hall–Kier alpha value is -4.76. The van der Waals surface area contributed by atoms with E-state index < -0.39 is 0 Å². The molecular formula is C22H18N12OS2. The molecule has 37 heavy (non-hydrogen) atoms.